The van der Waals surface area contributed by atoms with Gasteiger partial charge in [-0.1, -0.05) is 11.6 Å². The first-order chi connectivity index (χ1) is 10.0. The van der Waals surface area contributed by atoms with E-state index in [1.54, 1.807) is 4.90 Å². The average molecular weight is 319 g/mol. The zero-order valence-corrected chi connectivity index (χ0v) is 12.4. The second-order valence-corrected chi connectivity index (χ2v) is 5.31. The molecule has 1 heterocycles. The van der Waals surface area contributed by atoms with E-state index in [9.17, 15) is 13.6 Å². The summed E-state index contributed by atoms with van der Waals surface area (Å²) < 4.78 is 29.2. The first-order valence-corrected chi connectivity index (χ1v) is 7.10. The average Bonchev–Trinajstić information content (AvgIpc) is 2.48. The number of ether oxygens (including phenoxy) is 1. The lowest BCUT2D eigenvalue weighted by Gasteiger charge is -2.32. The van der Waals surface area contributed by atoms with Crippen molar-refractivity contribution in [3.8, 4) is 5.75 Å². The first-order valence-electron chi connectivity index (χ1n) is 6.72. The molecule has 21 heavy (non-hydrogen) atoms. The lowest BCUT2D eigenvalue weighted by Crippen LogP contribution is -2.44. The fourth-order valence-electron chi connectivity index (χ4n) is 2.41. The molecule has 0 aliphatic carbocycles. The molecule has 1 saturated heterocycles. The monoisotopic (exact) mass is 318 g/mol. The molecule has 0 spiro atoms. The molecule has 1 fully saturated rings. The molecule has 1 aliphatic rings. The van der Waals surface area contributed by atoms with Gasteiger partial charge >= 0.3 is 6.61 Å². The summed E-state index contributed by atoms with van der Waals surface area (Å²) in [7, 11) is 1.88. The molecule has 1 aromatic carbocycles. The molecule has 1 N–H and O–H groups in total. The van der Waals surface area contributed by atoms with E-state index in [1.807, 2.05) is 7.05 Å². The molecule has 116 valence electrons. The molecular formula is C14H17ClF2N2O2. The Bertz CT molecular complexity index is 506. The van der Waals surface area contributed by atoms with Crippen LogP contribution in [0.2, 0.25) is 5.02 Å². The van der Waals surface area contributed by atoms with Gasteiger partial charge in [-0.3, -0.25) is 4.79 Å². The van der Waals surface area contributed by atoms with E-state index in [4.69, 9.17) is 11.6 Å². The van der Waals surface area contributed by atoms with Crippen molar-refractivity contribution >= 4 is 17.5 Å². The topological polar surface area (TPSA) is 41.6 Å². The number of carbonyl (C=O) groups is 1. The van der Waals surface area contributed by atoms with Crippen molar-refractivity contribution in [1.29, 1.82) is 0 Å². The molecular weight excluding hydrogens is 302 g/mol. The predicted octanol–water partition coefficient (Wildman–Crippen LogP) is 2.77. The van der Waals surface area contributed by atoms with Crippen molar-refractivity contribution in [2.45, 2.75) is 25.5 Å². The van der Waals surface area contributed by atoms with Gasteiger partial charge in [0.15, 0.2) is 0 Å². The van der Waals surface area contributed by atoms with Gasteiger partial charge in [0.25, 0.3) is 5.91 Å². The fraction of sp³-hybridized carbons (Fsp3) is 0.500. The summed E-state index contributed by atoms with van der Waals surface area (Å²) in [5.74, 6) is -0.474. The van der Waals surface area contributed by atoms with E-state index in [0.717, 1.165) is 12.8 Å². The van der Waals surface area contributed by atoms with Crippen LogP contribution in [0.25, 0.3) is 0 Å². The Morgan fingerprint density at radius 2 is 2.10 bits per heavy atom. The molecule has 0 radical (unpaired) electrons. The molecule has 0 aromatic heterocycles. The fourth-order valence-corrected chi connectivity index (χ4v) is 2.58. The van der Waals surface area contributed by atoms with E-state index in [2.05, 4.69) is 10.1 Å². The van der Waals surface area contributed by atoms with Crippen molar-refractivity contribution < 1.29 is 18.3 Å². The highest BCUT2D eigenvalue weighted by atomic mass is 35.5. The Balaban J connectivity index is 2.16. The normalized spacial score (nSPS) is 16.3. The van der Waals surface area contributed by atoms with Crippen molar-refractivity contribution in [2.24, 2.45) is 0 Å². The van der Waals surface area contributed by atoms with Gasteiger partial charge in [-0.25, -0.2) is 0 Å². The van der Waals surface area contributed by atoms with Crippen LogP contribution in [0, 0.1) is 0 Å². The smallest absolute Gasteiger partial charge is 0.387 e. The number of piperidine rings is 1. The maximum atomic E-state index is 12.5. The van der Waals surface area contributed by atoms with Crippen molar-refractivity contribution in [2.75, 3.05) is 20.1 Å². The third-order valence-corrected chi connectivity index (χ3v) is 3.81. The third-order valence-electron chi connectivity index (χ3n) is 3.58. The second kappa shape index (κ2) is 7.04. The number of nitrogens with zero attached hydrogens (tertiary/aromatic N) is 1. The number of hydrogen-bond donors (Lipinski definition) is 1. The second-order valence-electron chi connectivity index (χ2n) is 4.87. The number of rotatable bonds is 4. The number of nitrogens with one attached hydrogen (secondary N) is 1. The number of carbonyl (C=O) groups excluding carboxylic acids is 1. The number of hydrogen-bond acceptors (Lipinski definition) is 3. The predicted molar refractivity (Wildman–Crippen MR) is 76.1 cm³/mol. The van der Waals surface area contributed by atoms with Gasteiger partial charge in [-0.15, -0.1) is 0 Å². The standard InChI is InChI=1S/C14H17ClF2N2O2/c1-18-10-4-6-19(7-5-10)13(20)11-8-9(15)2-3-12(11)21-14(16)17/h2-3,8,10,14,18H,4-7H2,1H3. The molecule has 0 unspecified atom stereocenters. The molecule has 4 nitrogen and oxygen atoms in total. The molecule has 7 heteroatoms. The van der Waals surface area contributed by atoms with Gasteiger partial charge in [0.2, 0.25) is 0 Å². The Morgan fingerprint density at radius 3 is 2.67 bits per heavy atom. The van der Waals surface area contributed by atoms with Crippen LogP contribution in [0.3, 0.4) is 0 Å². The molecule has 0 saturated carbocycles. The number of benzene rings is 1. The van der Waals surface area contributed by atoms with Gasteiger partial charge < -0.3 is 15.0 Å². The van der Waals surface area contributed by atoms with Crippen molar-refractivity contribution in [3.05, 3.63) is 28.8 Å². The Morgan fingerprint density at radius 1 is 1.43 bits per heavy atom. The van der Waals surface area contributed by atoms with Crippen LogP contribution >= 0.6 is 11.6 Å². The lowest BCUT2D eigenvalue weighted by molar-refractivity contribution is -0.0503. The summed E-state index contributed by atoms with van der Waals surface area (Å²) in [6, 6.07) is 4.46. The van der Waals surface area contributed by atoms with Crippen LogP contribution in [-0.4, -0.2) is 43.6 Å². The summed E-state index contributed by atoms with van der Waals surface area (Å²) in [6.07, 6.45) is 1.65. The van der Waals surface area contributed by atoms with Crippen molar-refractivity contribution in [3.63, 3.8) is 0 Å². The quantitative estimate of drug-likeness (QED) is 0.928. The summed E-state index contributed by atoms with van der Waals surface area (Å²) in [6.45, 7) is -1.83. The van der Waals surface area contributed by atoms with Gasteiger partial charge in [-0.2, -0.15) is 8.78 Å². The zero-order chi connectivity index (χ0) is 15.4. The third kappa shape index (κ3) is 4.04. The Labute approximate surface area is 127 Å². The molecule has 1 amide bonds. The van der Waals surface area contributed by atoms with Crippen LogP contribution in [0.4, 0.5) is 8.78 Å². The summed E-state index contributed by atoms with van der Waals surface area (Å²) in [4.78, 5) is 14.1. The van der Waals surface area contributed by atoms with Crippen LogP contribution < -0.4 is 10.1 Å². The largest absolute Gasteiger partial charge is 0.434 e. The van der Waals surface area contributed by atoms with E-state index >= 15 is 0 Å². The maximum absolute atomic E-state index is 12.5. The molecule has 0 bridgehead atoms. The van der Waals surface area contributed by atoms with Gasteiger partial charge in [-0.05, 0) is 38.1 Å². The van der Waals surface area contributed by atoms with Crippen LogP contribution in [0.5, 0.6) is 5.75 Å². The molecule has 1 aromatic rings. The van der Waals surface area contributed by atoms with Crippen LogP contribution in [0.15, 0.2) is 18.2 Å². The molecule has 1 aliphatic heterocycles. The summed E-state index contributed by atoms with van der Waals surface area (Å²) in [5.41, 5.74) is 0.0747. The molecule has 2 rings (SSSR count). The minimum absolute atomic E-state index is 0.0747. The lowest BCUT2D eigenvalue weighted by atomic mass is 10.0. The van der Waals surface area contributed by atoms with Crippen molar-refractivity contribution in [1.82, 2.24) is 10.2 Å². The van der Waals surface area contributed by atoms with Crippen LogP contribution in [-0.2, 0) is 0 Å². The van der Waals surface area contributed by atoms with E-state index < -0.39 is 6.61 Å². The summed E-state index contributed by atoms with van der Waals surface area (Å²) in [5, 5.41) is 3.48. The van der Waals surface area contributed by atoms with Gasteiger partial charge in [0.1, 0.15) is 5.75 Å². The van der Waals surface area contributed by atoms with Gasteiger partial charge in [0.05, 0.1) is 5.56 Å². The highest BCUT2D eigenvalue weighted by Crippen LogP contribution is 2.27. The van der Waals surface area contributed by atoms with Crippen LogP contribution in [0.1, 0.15) is 23.2 Å². The summed E-state index contributed by atoms with van der Waals surface area (Å²) >= 11 is 5.86. The zero-order valence-electron chi connectivity index (χ0n) is 11.6. The Kier molecular flexibility index (Phi) is 5.36. The number of halogens is 3. The number of likely N-dealkylation sites (tertiary alicyclic amines) is 1. The minimum atomic E-state index is -2.98. The van der Waals surface area contributed by atoms with E-state index in [-0.39, 0.29) is 17.2 Å². The SMILES string of the molecule is CNC1CCN(C(=O)c2cc(Cl)ccc2OC(F)F)CC1. The maximum Gasteiger partial charge on any atom is 0.387 e. The van der Waals surface area contributed by atoms with Gasteiger partial charge in [0, 0.05) is 24.2 Å². The number of amides is 1. The minimum Gasteiger partial charge on any atom is -0.434 e. The molecule has 0 atom stereocenters. The number of alkyl halides is 2. The van der Waals surface area contributed by atoms with E-state index in [1.165, 1.54) is 18.2 Å². The highest BCUT2D eigenvalue weighted by Gasteiger charge is 2.25. The van der Waals surface area contributed by atoms with E-state index in [0.29, 0.717) is 24.2 Å². The Hall–Kier alpha value is -1.40. The first kappa shape index (κ1) is 16.0. The highest BCUT2D eigenvalue weighted by molar-refractivity contribution is 6.31.